The third-order valence-corrected chi connectivity index (χ3v) is 3.18. The van der Waals surface area contributed by atoms with Gasteiger partial charge in [-0.1, -0.05) is 6.92 Å². The minimum Gasteiger partial charge on any atom is -0.310 e. The quantitative estimate of drug-likeness (QED) is 0.731. The highest BCUT2D eigenvalue weighted by Crippen LogP contribution is 2.24. The second-order valence-corrected chi connectivity index (χ2v) is 4.11. The van der Waals surface area contributed by atoms with E-state index in [4.69, 9.17) is 6.42 Å². The first-order valence-electron chi connectivity index (χ1n) is 4.99. The number of thiophene rings is 1. The van der Waals surface area contributed by atoms with Gasteiger partial charge in [-0.3, -0.25) is 0 Å². The predicted molar refractivity (Wildman–Crippen MR) is 63.5 cm³/mol. The lowest BCUT2D eigenvalue weighted by Crippen LogP contribution is -2.20. The van der Waals surface area contributed by atoms with E-state index in [9.17, 15) is 0 Å². The molecule has 0 fully saturated rings. The molecule has 0 saturated heterocycles. The van der Waals surface area contributed by atoms with Crippen LogP contribution >= 0.6 is 11.3 Å². The maximum absolute atomic E-state index is 5.29. The van der Waals surface area contributed by atoms with Gasteiger partial charge in [0, 0.05) is 12.5 Å². The van der Waals surface area contributed by atoms with Crippen molar-refractivity contribution in [3.63, 3.8) is 0 Å². The fourth-order valence-corrected chi connectivity index (χ4v) is 2.47. The van der Waals surface area contributed by atoms with Gasteiger partial charge in [0.2, 0.25) is 0 Å². The lowest BCUT2D eigenvalue weighted by atomic mass is 10.0. The average molecular weight is 207 g/mol. The normalized spacial score (nSPS) is 12.4. The van der Waals surface area contributed by atoms with Crippen LogP contribution in [0.3, 0.4) is 0 Å². The van der Waals surface area contributed by atoms with Crippen LogP contribution in [0.5, 0.6) is 0 Å². The molecule has 14 heavy (non-hydrogen) atoms. The summed E-state index contributed by atoms with van der Waals surface area (Å²) in [5.74, 6) is 2.70. The first-order chi connectivity index (χ1) is 6.79. The topological polar surface area (TPSA) is 12.0 Å². The summed E-state index contributed by atoms with van der Waals surface area (Å²) < 4.78 is 0. The lowest BCUT2D eigenvalue weighted by molar-refractivity contribution is 0.522. The highest BCUT2D eigenvalue weighted by molar-refractivity contribution is 7.08. The molecule has 0 radical (unpaired) electrons. The molecule has 1 N–H and O–H groups in total. The van der Waals surface area contributed by atoms with E-state index in [1.807, 2.05) is 0 Å². The van der Waals surface area contributed by atoms with Crippen molar-refractivity contribution in [2.75, 3.05) is 6.54 Å². The molecule has 0 amide bonds. The highest BCUT2D eigenvalue weighted by Gasteiger charge is 2.12. The van der Waals surface area contributed by atoms with Crippen LogP contribution in [-0.2, 0) is 0 Å². The van der Waals surface area contributed by atoms with Gasteiger partial charge in [0.05, 0.1) is 0 Å². The Morgan fingerprint density at radius 3 is 2.86 bits per heavy atom. The van der Waals surface area contributed by atoms with E-state index >= 15 is 0 Å². The van der Waals surface area contributed by atoms with Crippen LogP contribution in [0.1, 0.15) is 36.9 Å². The van der Waals surface area contributed by atoms with E-state index in [0.717, 1.165) is 19.4 Å². The van der Waals surface area contributed by atoms with Gasteiger partial charge in [-0.2, -0.15) is 11.3 Å². The molecular formula is C12H17NS. The standard InChI is InChI=1S/C12H17NS/c1-4-6-7-12(13-5-2)11-9-14-8-10(11)3/h1,8-9,12-13H,5-7H2,2-3H3. The van der Waals surface area contributed by atoms with Gasteiger partial charge in [-0.05, 0) is 41.8 Å². The number of nitrogens with one attached hydrogen (secondary N) is 1. The number of hydrogen-bond donors (Lipinski definition) is 1. The number of rotatable bonds is 5. The molecule has 1 aromatic rings. The molecule has 1 aromatic heterocycles. The van der Waals surface area contributed by atoms with Gasteiger partial charge in [-0.15, -0.1) is 12.3 Å². The number of hydrogen-bond acceptors (Lipinski definition) is 2. The Labute approximate surface area is 90.5 Å². The second-order valence-electron chi connectivity index (χ2n) is 3.36. The summed E-state index contributed by atoms with van der Waals surface area (Å²) in [6.45, 7) is 5.28. The fourth-order valence-electron chi connectivity index (χ4n) is 1.57. The molecule has 76 valence electrons. The van der Waals surface area contributed by atoms with E-state index in [1.54, 1.807) is 11.3 Å². The smallest absolute Gasteiger partial charge is 0.0340 e. The van der Waals surface area contributed by atoms with E-state index in [1.165, 1.54) is 11.1 Å². The molecule has 0 aliphatic heterocycles. The molecular weight excluding hydrogens is 190 g/mol. The molecule has 0 spiro atoms. The van der Waals surface area contributed by atoms with Crippen molar-refractivity contribution in [3.8, 4) is 12.3 Å². The monoisotopic (exact) mass is 207 g/mol. The van der Waals surface area contributed by atoms with E-state index in [0.29, 0.717) is 6.04 Å². The Bertz CT molecular complexity index is 308. The van der Waals surface area contributed by atoms with Crippen LogP contribution in [-0.4, -0.2) is 6.54 Å². The first kappa shape index (κ1) is 11.3. The minimum atomic E-state index is 0.433. The molecule has 0 saturated carbocycles. The summed E-state index contributed by atoms with van der Waals surface area (Å²) in [6.07, 6.45) is 7.16. The van der Waals surface area contributed by atoms with Crippen molar-refractivity contribution < 1.29 is 0 Å². The van der Waals surface area contributed by atoms with Crippen molar-refractivity contribution >= 4 is 11.3 Å². The largest absolute Gasteiger partial charge is 0.310 e. The van der Waals surface area contributed by atoms with Gasteiger partial charge in [0.15, 0.2) is 0 Å². The highest BCUT2D eigenvalue weighted by atomic mass is 32.1. The third kappa shape index (κ3) is 2.87. The van der Waals surface area contributed by atoms with Crippen molar-refractivity contribution in [2.45, 2.75) is 32.7 Å². The Kier molecular flexibility index (Phi) is 4.72. The number of aryl methyl sites for hydroxylation is 1. The van der Waals surface area contributed by atoms with Crippen LogP contribution in [0.25, 0.3) is 0 Å². The summed E-state index contributed by atoms with van der Waals surface area (Å²) in [5, 5.41) is 7.88. The van der Waals surface area contributed by atoms with Crippen LogP contribution in [0.2, 0.25) is 0 Å². The SMILES string of the molecule is C#CCCC(NCC)c1cscc1C. The maximum atomic E-state index is 5.29. The Morgan fingerprint density at radius 2 is 2.36 bits per heavy atom. The third-order valence-electron chi connectivity index (χ3n) is 2.30. The molecule has 2 heteroatoms. The van der Waals surface area contributed by atoms with Gasteiger partial charge >= 0.3 is 0 Å². The first-order valence-corrected chi connectivity index (χ1v) is 5.93. The van der Waals surface area contributed by atoms with Crippen molar-refractivity contribution in [1.29, 1.82) is 0 Å². The van der Waals surface area contributed by atoms with Gasteiger partial charge in [0.1, 0.15) is 0 Å². The Balaban J connectivity index is 2.68. The van der Waals surface area contributed by atoms with Crippen molar-refractivity contribution in [1.82, 2.24) is 5.32 Å². The van der Waals surface area contributed by atoms with Gasteiger partial charge in [0.25, 0.3) is 0 Å². The second kappa shape index (κ2) is 5.85. The van der Waals surface area contributed by atoms with E-state index in [2.05, 4.69) is 35.8 Å². The molecule has 1 unspecified atom stereocenters. The predicted octanol–water partition coefficient (Wildman–Crippen LogP) is 3.12. The van der Waals surface area contributed by atoms with Crippen LogP contribution in [0.15, 0.2) is 10.8 Å². The summed E-state index contributed by atoms with van der Waals surface area (Å²) in [4.78, 5) is 0. The molecule has 1 atom stereocenters. The van der Waals surface area contributed by atoms with Gasteiger partial charge < -0.3 is 5.32 Å². The maximum Gasteiger partial charge on any atom is 0.0340 e. The van der Waals surface area contributed by atoms with E-state index < -0.39 is 0 Å². The molecule has 1 heterocycles. The molecule has 0 aromatic carbocycles. The summed E-state index contributed by atoms with van der Waals surface area (Å²) >= 11 is 1.76. The number of terminal acetylenes is 1. The Morgan fingerprint density at radius 1 is 1.57 bits per heavy atom. The molecule has 0 aliphatic carbocycles. The van der Waals surface area contributed by atoms with Crippen molar-refractivity contribution in [2.24, 2.45) is 0 Å². The molecule has 1 rings (SSSR count). The average Bonchev–Trinajstić information content (AvgIpc) is 2.59. The Hall–Kier alpha value is -0.780. The zero-order valence-corrected chi connectivity index (χ0v) is 9.66. The van der Waals surface area contributed by atoms with Gasteiger partial charge in [-0.25, -0.2) is 0 Å². The molecule has 0 bridgehead atoms. The van der Waals surface area contributed by atoms with Crippen LogP contribution in [0.4, 0.5) is 0 Å². The zero-order chi connectivity index (χ0) is 10.4. The summed E-state index contributed by atoms with van der Waals surface area (Å²) in [5.41, 5.74) is 2.78. The van der Waals surface area contributed by atoms with Crippen LogP contribution < -0.4 is 5.32 Å². The minimum absolute atomic E-state index is 0.433. The lowest BCUT2D eigenvalue weighted by Gasteiger charge is -2.16. The summed E-state index contributed by atoms with van der Waals surface area (Å²) in [6, 6.07) is 0.433. The molecule has 0 aliphatic rings. The van der Waals surface area contributed by atoms with Crippen molar-refractivity contribution in [3.05, 3.63) is 21.9 Å². The molecule has 1 nitrogen and oxygen atoms in total. The van der Waals surface area contributed by atoms with Crippen LogP contribution in [0, 0.1) is 19.3 Å². The fraction of sp³-hybridized carbons (Fsp3) is 0.500. The van der Waals surface area contributed by atoms with E-state index in [-0.39, 0.29) is 0 Å². The summed E-state index contributed by atoms with van der Waals surface area (Å²) in [7, 11) is 0. The zero-order valence-electron chi connectivity index (χ0n) is 8.84.